The van der Waals surface area contributed by atoms with Gasteiger partial charge in [-0.05, 0) is 26.2 Å². The maximum atomic E-state index is 8.67. The molecule has 1 aromatic rings. The van der Waals surface area contributed by atoms with Crippen LogP contribution in [0.5, 0.6) is 0 Å². The van der Waals surface area contributed by atoms with Crippen LogP contribution in [0.2, 0.25) is 0 Å². The second-order valence-corrected chi connectivity index (χ2v) is 5.94. The Balaban J connectivity index is 2.22. The van der Waals surface area contributed by atoms with E-state index in [9.17, 15) is 0 Å². The zero-order valence-corrected chi connectivity index (χ0v) is 13.9. The lowest BCUT2D eigenvalue weighted by Gasteiger charge is -2.10. The second kappa shape index (κ2) is 10.7. The third kappa shape index (κ3) is 7.68. The highest BCUT2D eigenvalue weighted by Crippen LogP contribution is 2.15. The SMILES string of the molecule is C#CCNC(=CC#N)NCCSCc1ccc(CN(C)C)o1. The second-order valence-electron chi connectivity index (χ2n) is 4.83. The van der Waals surface area contributed by atoms with Crippen LogP contribution in [0.15, 0.2) is 28.4 Å². The monoisotopic (exact) mass is 318 g/mol. The molecule has 0 radical (unpaired) electrons. The first-order chi connectivity index (χ1) is 10.7. The Kier molecular flexibility index (Phi) is 8.74. The van der Waals surface area contributed by atoms with Gasteiger partial charge in [0.1, 0.15) is 17.3 Å². The predicted molar refractivity (Wildman–Crippen MR) is 90.8 cm³/mol. The standard InChI is InChI=1S/C16H22N4OS/c1-4-9-18-16(7-8-17)19-10-11-22-13-15-6-5-14(21-15)12-20(2)3/h1,5-7,18-19H,9-13H2,2-3H3. The number of nitrogens with zero attached hydrogens (tertiary/aromatic N) is 2. The van der Waals surface area contributed by atoms with E-state index < -0.39 is 0 Å². The summed E-state index contributed by atoms with van der Waals surface area (Å²) in [6, 6.07) is 6.02. The minimum Gasteiger partial charge on any atom is -0.464 e. The molecule has 0 aromatic carbocycles. The number of terminal acetylenes is 1. The van der Waals surface area contributed by atoms with Gasteiger partial charge >= 0.3 is 0 Å². The van der Waals surface area contributed by atoms with Crippen molar-refractivity contribution in [3.63, 3.8) is 0 Å². The average Bonchev–Trinajstić information content (AvgIpc) is 2.90. The van der Waals surface area contributed by atoms with Gasteiger partial charge in [0.05, 0.1) is 31.0 Å². The minimum atomic E-state index is 0.398. The molecule has 1 rings (SSSR count). The molecule has 118 valence electrons. The molecule has 0 saturated heterocycles. The Bertz CT molecular complexity index is 551. The number of furan rings is 1. The fraction of sp³-hybridized carbons (Fsp3) is 0.438. The zero-order valence-electron chi connectivity index (χ0n) is 13.1. The molecule has 0 aliphatic rings. The minimum absolute atomic E-state index is 0.398. The summed E-state index contributed by atoms with van der Waals surface area (Å²) >= 11 is 1.77. The molecular weight excluding hydrogens is 296 g/mol. The summed E-state index contributed by atoms with van der Waals surface area (Å²) in [4.78, 5) is 2.08. The van der Waals surface area contributed by atoms with Crippen molar-refractivity contribution in [1.29, 1.82) is 5.26 Å². The maximum absolute atomic E-state index is 8.67. The first-order valence-corrected chi connectivity index (χ1v) is 8.12. The lowest BCUT2D eigenvalue weighted by Crippen LogP contribution is -2.28. The van der Waals surface area contributed by atoms with Gasteiger partial charge in [-0.15, -0.1) is 6.42 Å². The van der Waals surface area contributed by atoms with Crippen LogP contribution in [-0.4, -0.2) is 37.8 Å². The molecule has 0 aliphatic carbocycles. The van der Waals surface area contributed by atoms with Crippen molar-refractivity contribution < 1.29 is 4.42 Å². The van der Waals surface area contributed by atoms with E-state index in [1.54, 1.807) is 11.8 Å². The van der Waals surface area contributed by atoms with Crippen LogP contribution in [0.1, 0.15) is 11.5 Å². The summed E-state index contributed by atoms with van der Waals surface area (Å²) in [5.74, 6) is 6.85. The van der Waals surface area contributed by atoms with Crippen molar-refractivity contribution in [3.8, 4) is 18.4 Å². The molecule has 6 heteroatoms. The number of nitriles is 1. The van der Waals surface area contributed by atoms with Gasteiger partial charge in [-0.3, -0.25) is 0 Å². The van der Waals surface area contributed by atoms with Crippen molar-refractivity contribution in [1.82, 2.24) is 15.5 Å². The lowest BCUT2D eigenvalue weighted by molar-refractivity contribution is 0.344. The number of allylic oxidation sites excluding steroid dienone is 1. The molecule has 2 N–H and O–H groups in total. The molecule has 5 nitrogen and oxygen atoms in total. The summed E-state index contributed by atoms with van der Waals surface area (Å²) in [6.07, 6.45) is 6.60. The lowest BCUT2D eigenvalue weighted by atomic mass is 10.4. The number of hydrogen-bond donors (Lipinski definition) is 2. The van der Waals surface area contributed by atoms with Gasteiger partial charge in [0.15, 0.2) is 0 Å². The number of hydrogen-bond acceptors (Lipinski definition) is 6. The van der Waals surface area contributed by atoms with Crippen LogP contribution in [0, 0.1) is 23.7 Å². The Hall–Kier alpha value is -2.02. The summed E-state index contributed by atoms with van der Waals surface area (Å²) in [5.41, 5.74) is 0. The van der Waals surface area contributed by atoms with E-state index in [4.69, 9.17) is 16.1 Å². The van der Waals surface area contributed by atoms with E-state index in [0.717, 1.165) is 36.1 Å². The Morgan fingerprint density at radius 1 is 1.41 bits per heavy atom. The normalized spacial score (nSPS) is 11.0. The maximum Gasteiger partial charge on any atom is 0.118 e. The number of rotatable bonds is 10. The van der Waals surface area contributed by atoms with E-state index >= 15 is 0 Å². The van der Waals surface area contributed by atoms with Crippen molar-refractivity contribution in [2.75, 3.05) is 32.9 Å². The zero-order chi connectivity index (χ0) is 16.2. The van der Waals surface area contributed by atoms with Crippen LogP contribution in [0.3, 0.4) is 0 Å². The number of thioether (sulfide) groups is 1. The molecule has 1 heterocycles. The van der Waals surface area contributed by atoms with Crippen molar-refractivity contribution in [2.24, 2.45) is 0 Å². The van der Waals surface area contributed by atoms with E-state index in [0.29, 0.717) is 12.4 Å². The van der Waals surface area contributed by atoms with E-state index in [1.165, 1.54) is 6.08 Å². The third-order valence-corrected chi connectivity index (χ3v) is 3.57. The van der Waals surface area contributed by atoms with Gasteiger partial charge in [0, 0.05) is 12.3 Å². The van der Waals surface area contributed by atoms with Crippen LogP contribution in [0.4, 0.5) is 0 Å². The summed E-state index contributed by atoms with van der Waals surface area (Å²) < 4.78 is 5.74. The van der Waals surface area contributed by atoms with Crippen LogP contribution < -0.4 is 10.6 Å². The molecule has 0 saturated carbocycles. The Morgan fingerprint density at radius 3 is 2.86 bits per heavy atom. The molecular formula is C16H22N4OS. The van der Waals surface area contributed by atoms with Crippen molar-refractivity contribution in [3.05, 3.63) is 35.6 Å². The van der Waals surface area contributed by atoms with Gasteiger partial charge < -0.3 is 20.0 Å². The highest BCUT2D eigenvalue weighted by atomic mass is 32.2. The van der Waals surface area contributed by atoms with Gasteiger partial charge in [0.2, 0.25) is 0 Å². The van der Waals surface area contributed by atoms with Gasteiger partial charge in [-0.25, -0.2) is 0 Å². The molecule has 0 fully saturated rings. The van der Waals surface area contributed by atoms with E-state index in [-0.39, 0.29) is 0 Å². The van der Waals surface area contributed by atoms with Gasteiger partial charge in [0.25, 0.3) is 0 Å². The summed E-state index contributed by atoms with van der Waals surface area (Å²) in [7, 11) is 4.03. The molecule has 22 heavy (non-hydrogen) atoms. The Labute approximate surface area is 136 Å². The molecule has 0 atom stereocenters. The van der Waals surface area contributed by atoms with Crippen molar-refractivity contribution in [2.45, 2.75) is 12.3 Å². The third-order valence-electron chi connectivity index (χ3n) is 2.59. The highest BCUT2D eigenvalue weighted by Gasteiger charge is 2.03. The molecule has 1 aromatic heterocycles. The average molecular weight is 318 g/mol. The number of nitrogens with one attached hydrogen (secondary N) is 2. The fourth-order valence-electron chi connectivity index (χ4n) is 1.70. The van der Waals surface area contributed by atoms with E-state index in [2.05, 4.69) is 21.5 Å². The van der Waals surface area contributed by atoms with Gasteiger partial charge in [-0.2, -0.15) is 17.0 Å². The fourth-order valence-corrected chi connectivity index (χ4v) is 2.45. The molecule has 0 unspecified atom stereocenters. The molecule has 0 spiro atoms. The summed E-state index contributed by atoms with van der Waals surface area (Å²) in [6.45, 7) is 1.96. The smallest absolute Gasteiger partial charge is 0.118 e. The van der Waals surface area contributed by atoms with Crippen LogP contribution in [0.25, 0.3) is 0 Å². The van der Waals surface area contributed by atoms with Crippen LogP contribution in [-0.2, 0) is 12.3 Å². The molecule has 0 amide bonds. The van der Waals surface area contributed by atoms with E-state index in [1.807, 2.05) is 32.3 Å². The topological polar surface area (TPSA) is 64.2 Å². The van der Waals surface area contributed by atoms with Gasteiger partial charge in [-0.1, -0.05) is 5.92 Å². The summed E-state index contributed by atoms with van der Waals surface area (Å²) in [5, 5.41) is 14.8. The largest absolute Gasteiger partial charge is 0.464 e. The van der Waals surface area contributed by atoms with Crippen molar-refractivity contribution >= 4 is 11.8 Å². The first kappa shape index (κ1) is 18.0. The van der Waals surface area contributed by atoms with Crippen LogP contribution >= 0.6 is 11.8 Å². The molecule has 0 bridgehead atoms. The quantitative estimate of drug-likeness (QED) is 0.389. The first-order valence-electron chi connectivity index (χ1n) is 6.96. The Morgan fingerprint density at radius 2 is 2.18 bits per heavy atom. The molecule has 0 aliphatic heterocycles. The predicted octanol–water partition coefficient (Wildman–Crippen LogP) is 1.75. The highest BCUT2D eigenvalue weighted by molar-refractivity contribution is 7.98.